The minimum Gasteiger partial charge on any atom is -0.381 e. The van der Waals surface area contributed by atoms with Gasteiger partial charge in [-0.05, 0) is 75.9 Å². The Labute approximate surface area is 145 Å². The first-order valence-electron chi connectivity index (χ1n) is 9.06. The second-order valence-corrected chi connectivity index (χ2v) is 7.16. The first kappa shape index (κ1) is 17.2. The van der Waals surface area contributed by atoms with Crippen molar-refractivity contribution >= 4 is 11.6 Å². The van der Waals surface area contributed by atoms with E-state index < -0.39 is 0 Å². The van der Waals surface area contributed by atoms with Crippen LogP contribution in [0.25, 0.3) is 0 Å². The summed E-state index contributed by atoms with van der Waals surface area (Å²) in [5, 5.41) is 3.24. The molecule has 0 radical (unpaired) electrons. The Kier molecular flexibility index (Phi) is 5.41. The van der Waals surface area contributed by atoms with Crippen LogP contribution in [0, 0.1) is 13.8 Å². The van der Waals surface area contributed by atoms with Crippen LogP contribution in [0.1, 0.15) is 36.8 Å². The highest BCUT2D eigenvalue weighted by Gasteiger charge is 2.39. The summed E-state index contributed by atoms with van der Waals surface area (Å²) < 4.78 is 5.59. The lowest BCUT2D eigenvalue weighted by Gasteiger charge is -2.43. The molecule has 0 bridgehead atoms. The van der Waals surface area contributed by atoms with Gasteiger partial charge in [-0.1, -0.05) is 6.07 Å². The van der Waals surface area contributed by atoms with Gasteiger partial charge in [0, 0.05) is 24.4 Å². The third kappa shape index (κ3) is 3.90. The van der Waals surface area contributed by atoms with Crippen molar-refractivity contribution in [1.82, 2.24) is 4.90 Å². The summed E-state index contributed by atoms with van der Waals surface area (Å²) in [5.74, 6) is 0.503. The van der Waals surface area contributed by atoms with Crippen LogP contribution in [-0.4, -0.2) is 49.2 Å². The molecule has 5 heteroatoms. The van der Waals surface area contributed by atoms with Crippen LogP contribution in [0.2, 0.25) is 0 Å². The number of hydrogen-bond acceptors (Lipinski definition) is 3. The Morgan fingerprint density at radius 1 is 1.21 bits per heavy atom. The highest BCUT2D eigenvalue weighted by molar-refractivity contribution is 5.92. The van der Waals surface area contributed by atoms with Gasteiger partial charge in [0.1, 0.15) is 0 Å². The molecule has 24 heavy (non-hydrogen) atoms. The van der Waals surface area contributed by atoms with Gasteiger partial charge in [-0.2, -0.15) is 0 Å². The molecule has 0 unspecified atom stereocenters. The molecule has 0 aliphatic carbocycles. The molecule has 2 fully saturated rings. The molecule has 3 rings (SSSR count). The van der Waals surface area contributed by atoms with Gasteiger partial charge in [0.05, 0.1) is 6.54 Å². The maximum Gasteiger partial charge on any atom is 0.193 e. The largest absolute Gasteiger partial charge is 0.381 e. The van der Waals surface area contributed by atoms with Crippen molar-refractivity contribution in [3.8, 4) is 0 Å². The number of nitrogens with two attached hydrogens (primary N) is 1. The zero-order chi connectivity index (χ0) is 17.0. The van der Waals surface area contributed by atoms with E-state index in [9.17, 15) is 0 Å². The van der Waals surface area contributed by atoms with Crippen LogP contribution in [-0.2, 0) is 4.74 Å². The van der Waals surface area contributed by atoms with Crippen molar-refractivity contribution in [1.29, 1.82) is 0 Å². The molecule has 2 aliphatic rings. The maximum atomic E-state index is 6.16. The number of ether oxygens (including phenoxy) is 1. The average Bonchev–Trinajstić information content (AvgIpc) is 3.13. The van der Waals surface area contributed by atoms with E-state index in [0.29, 0.717) is 5.96 Å². The Balaban J connectivity index is 1.67. The molecular formula is C19H30N4O. The van der Waals surface area contributed by atoms with Crippen LogP contribution in [0.5, 0.6) is 0 Å². The van der Waals surface area contributed by atoms with E-state index in [0.717, 1.165) is 38.3 Å². The van der Waals surface area contributed by atoms with Gasteiger partial charge in [-0.3, -0.25) is 9.89 Å². The predicted octanol–water partition coefficient (Wildman–Crippen LogP) is 2.68. The van der Waals surface area contributed by atoms with Crippen molar-refractivity contribution in [2.24, 2.45) is 10.7 Å². The number of guanidine groups is 1. The topological polar surface area (TPSA) is 62.9 Å². The van der Waals surface area contributed by atoms with Crippen LogP contribution >= 0.6 is 0 Å². The molecule has 3 N–H and O–H groups in total. The third-order valence-corrected chi connectivity index (χ3v) is 5.52. The number of aliphatic imine (C=N–C) groups is 1. The molecule has 0 amide bonds. The highest BCUT2D eigenvalue weighted by Crippen LogP contribution is 2.31. The fourth-order valence-electron chi connectivity index (χ4n) is 3.76. The Morgan fingerprint density at radius 3 is 2.58 bits per heavy atom. The minimum absolute atomic E-state index is 0.129. The van der Waals surface area contributed by atoms with E-state index in [-0.39, 0.29) is 5.54 Å². The summed E-state index contributed by atoms with van der Waals surface area (Å²) in [6.07, 6.45) is 4.69. The number of hydrogen-bond donors (Lipinski definition) is 2. The normalized spacial score (nSPS) is 21.8. The lowest BCUT2D eigenvalue weighted by molar-refractivity contribution is -0.0138. The number of nitrogens with one attached hydrogen (secondary N) is 1. The van der Waals surface area contributed by atoms with Crippen molar-refractivity contribution < 1.29 is 4.74 Å². The monoisotopic (exact) mass is 330 g/mol. The number of benzene rings is 1. The smallest absolute Gasteiger partial charge is 0.193 e. The average molecular weight is 330 g/mol. The summed E-state index contributed by atoms with van der Waals surface area (Å²) >= 11 is 0. The Hall–Kier alpha value is -1.59. The van der Waals surface area contributed by atoms with Gasteiger partial charge in [-0.15, -0.1) is 0 Å². The molecule has 2 heterocycles. The molecule has 132 valence electrons. The fourth-order valence-corrected chi connectivity index (χ4v) is 3.76. The lowest BCUT2D eigenvalue weighted by atomic mass is 9.88. The molecule has 1 aromatic carbocycles. The van der Waals surface area contributed by atoms with Gasteiger partial charge in [0.25, 0.3) is 0 Å². The molecule has 2 aliphatic heterocycles. The van der Waals surface area contributed by atoms with E-state index in [1.54, 1.807) is 0 Å². The van der Waals surface area contributed by atoms with E-state index in [4.69, 9.17) is 15.5 Å². The second-order valence-electron chi connectivity index (χ2n) is 7.16. The zero-order valence-electron chi connectivity index (χ0n) is 15.0. The van der Waals surface area contributed by atoms with Crippen molar-refractivity contribution in [2.45, 2.75) is 45.1 Å². The first-order chi connectivity index (χ1) is 11.6. The SMILES string of the molecule is Cc1ccc(NC(N)=NCC2(N3CCCC3)CCOCC2)cc1C. The second kappa shape index (κ2) is 7.53. The summed E-state index contributed by atoms with van der Waals surface area (Å²) in [4.78, 5) is 7.31. The Morgan fingerprint density at radius 2 is 1.92 bits per heavy atom. The fraction of sp³-hybridized carbons (Fsp3) is 0.632. The van der Waals surface area contributed by atoms with Crippen LogP contribution < -0.4 is 11.1 Å². The summed E-state index contributed by atoms with van der Waals surface area (Å²) in [6, 6.07) is 6.27. The first-order valence-corrected chi connectivity index (χ1v) is 9.06. The van der Waals surface area contributed by atoms with Crippen LogP contribution in [0.4, 0.5) is 5.69 Å². The summed E-state index contributed by atoms with van der Waals surface area (Å²) in [5.41, 5.74) is 9.83. The van der Waals surface area contributed by atoms with Crippen LogP contribution in [0.3, 0.4) is 0 Å². The molecule has 0 spiro atoms. The number of aryl methyl sites for hydroxylation is 2. The third-order valence-electron chi connectivity index (χ3n) is 5.52. The maximum absolute atomic E-state index is 6.16. The minimum atomic E-state index is 0.129. The van der Waals surface area contributed by atoms with Crippen molar-refractivity contribution in [3.63, 3.8) is 0 Å². The number of nitrogens with zero attached hydrogens (tertiary/aromatic N) is 2. The van der Waals surface area contributed by atoms with Gasteiger partial charge in [-0.25, -0.2) is 0 Å². The van der Waals surface area contributed by atoms with Gasteiger partial charge >= 0.3 is 0 Å². The van der Waals surface area contributed by atoms with E-state index >= 15 is 0 Å². The highest BCUT2D eigenvalue weighted by atomic mass is 16.5. The van der Waals surface area contributed by atoms with Crippen molar-refractivity contribution in [2.75, 3.05) is 38.2 Å². The van der Waals surface area contributed by atoms with E-state index in [1.807, 2.05) is 0 Å². The van der Waals surface area contributed by atoms with E-state index in [1.165, 1.54) is 37.1 Å². The number of likely N-dealkylation sites (tertiary alicyclic amines) is 1. The zero-order valence-corrected chi connectivity index (χ0v) is 15.0. The van der Waals surface area contributed by atoms with Gasteiger partial charge in [0.2, 0.25) is 0 Å². The van der Waals surface area contributed by atoms with Gasteiger partial charge < -0.3 is 15.8 Å². The molecule has 0 saturated carbocycles. The molecule has 2 saturated heterocycles. The quantitative estimate of drug-likeness (QED) is 0.658. The van der Waals surface area contributed by atoms with E-state index in [2.05, 4.69) is 42.3 Å². The molecule has 0 atom stereocenters. The molecule has 1 aromatic rings. The van der Waals surface area contributed by atoms with Crippen molar-refractivity contribution in [3.05, 3.63) is 29.3 Å². The molecule has 0 aromatic heterocycles. The Bertz CT molecular complexity index is 587. The lowest BCUT2D eigenvalue weighted by Crippen LogP contribution is -2.53. The molecular weight excluding hydrogens is 300 g/mol. The standard InChI is InChI=1S/C19H30N4O/c1-15-5-6-17(13-16(15)2)22-18(20)21-14-19(7-11-24-12-8-19)23-9-3-4-10-23/h5-6,13H,3-4,7-12,14H2,1-2H3,(H3,20,21,22). The van der Waals surface area contributed by atoms with Crippen LogP contribution in [0.15, 0.2) is 23.2 Å². The predicted molar refractivity (Wildman–Crippen MR) is 99.6 cm³/mol. The number of anilines is 1. The molecule has 5 nitrogen and oxygen atoms in total. The summed E-state index contributed by atoms with van der Waals surface area (Å²) in [7, 11) is 0. The van der Waals surface area contributed by atoms with Gasteiger partial charge in [0.15, 0.2) is 5.96 Å². The summed E-state index contributed by atoms with van der Waals surface area (Å²) in [6.45, 7) is 8.99. The number of rotatable bonds is 4.